The summed E-state index contributed by atoms with van der Waals surface area (Å²) in [4.78, 5) is 16.2. The second-order valence-electron chi connectivity index (χ2n) is 8.89. The zero-order valence-electron chi connectivity index (χ0n) is 19.8. The first-order valence-corrected chi connectivity index (χ1v) is 12.5. The number of benzene rings is 2. The summed E-state index contributed by atoms with van der Waals surface area (Å²) in [6.45, 7) is 5.03. The van der Waals surface area contributed by atoms with E-state index in [1.165, 1.54) is 5.56 Å². The number of methoxy groups -OCH3 is 1. The van der Waals surface area contributed by atoms with Crippen molar-refractivity contribution in [2.45, 2.75) is 32.4 Å². The van der Waals surface area contributed by atoms with Gasteiger partial charge in [0.2, 0.25) is 11.8 Å². The number of likely N-dealkylation sites (tertiary alicyclic amines) is 1. The van der Waals surface area contributed by atoms with Crippen molar-refractivity contribution < 1.29 is 4.74 Å². The Labute approximate surface area is 215 Å². The summed E-state index contributed by atoms with van der Waals surface area (Å²) < 4.78 is 5.26. The number of ether oxygens (including phenoxy) is 1. The molecule has 0 aliphatic carbocycles. The van der Waals surface area contributed by atoms with Gasteiger partial charge in [-0.3, -0.25) is 4.90 Å². The van der Waals surface area contributed by atoms with Crippen LogP contribution >= 0.6 is 23.2 Å². The standard InChI is InChI=1S/C27H27Cl2N5O/c1-17-22-13-19(23-14-26(35-2)30-15-24(23)29)5-8-25(22)33-27(31-17)32-21-9-11-34(12-10-21)16-18-3-6-20(28)7-4-18/h3-8,13-15,21H,9-12,16H2,1-2H3,(H,31,32,33). The number of hydrogen-bond donors (Lipinski definition) is 1. The molecule has 0 amide bonds. The Hall–Kier alpha value is -2.93. The monoisotopic (exact) mass is 507 g/mol. The molecule has 0 bridgehead atoms. The van der Waals surface area contributed by atoms with Crippen LogP contribution in [0.25, 0.3) is 22.0 Å². The molecule has 8 heteroatoms. The molecule has 35 heavy (non-hydrogen) atoms. The SMILES string of the molecule is COc1cc(-c2ccc3nc(NC4CCN(Cc5ccc(Cl)cc5)CC4)nc(C)c3c2)c(Cl)cn1. The van der Waals surface area contributed by atoms with Gasteiger partial charge in [0.05, 0.1) is 29.5 Å². The largest absolute Gasteiger partial charge is 0.481 e. The minimum Gasteiger partial charge on any atom is -0.481 e. The van der Waals surface area contributed by atoms with Crippen molar-refractivity contribution in [3.8, 4) is 17.0 Å². The number of aromatic nitrogens is 3. The van der Waals surface area contributed by atoms with Crippen LogP contribution < -0.4 is 10.1 Å². The second-order valence-corrected chi connectivity index (χ2v) is 9.74. The van der Waals surface area contributed by atoms with Crippen LogP contribution in [0.15, 0.2) is 54.7 Å². The first kappa shape index (κ1) is 23.8. The Morgan fingerprint density at radius 1 is 1.03 bits per heavy atom. The third-order valence-corrected chi connectivity index (χ3v) is 7.03. The first-order chi connectivity index (χ1) is 17.0. The molecular weight excluding hydrogens is 481 g/mol. The van der Waals surface area contributed by atoms with E-state index in [2.05, 4.69) is 33.4 Å². The van der Waals surface area contributed by atoms with Crippen LogP contribution in [0, 0.1) is 6.92 Å². The van der Waals surface area contributed by atoms with Gasteiger partial charge in [-0.1, -0.05) is 41.4 Å². The van der Waals surface area contributed by atoms with E-state index in [4.69, 9.17) is 37.9 Å². The Bertz CT molecular complexity index is 1340. The highest BCUT2D eigenvalue weighted by Gasteiger charge is 2.20. The summed E-state index contributed by atoms with van der Waals surface area (Å²) in [6.07, 6.45) is 3.71. The van der Waals surface area contributed by atoms with E-state index in [1.807, 2.05) is 37.3 Å². The quantitative estimate of drug-likeness (QED) is 0.326. The second kappa shape index (κ2) is 10.4. The van der Waals surface area contributed by atoms with Crippen molar-refractivity contribution in [2.24, 2.45) is 0 Å². The molecule has 5 rings (SSSR count). The number of nitrogens with one attached hydrogen (secondary N) is 1. The Morgan fingerprint density at radius 3 is 2.54 bits per heavy atom. The van der Waals surface area contributed by atoms with Crippen LogP contribution in [0.1, 0.15) is 24.1 Å². The fourth-order valence-electron chi connectivity index (χ4n) is 4.53. The van der Waals surface area contributed by atoms with Gasteiger partial charge in [-0.15, -0.1) is 0 Å². The zero-order chi connectivity index (χ0) is 24.4. The van der Waals surface area contributed by atoms with Crippen molar-refractivity contribution in [1.82, 2.24) is 19.9 Å². The van der Waals surface area contributed by atoms with Crippen molar-refractivity contribution in [2.75, 3.05) is 25.5 Å². The van der Waals surface area contributed by atoms with Gasteiger partial charge in [0.15, 0.2) is 0 Å². The van der Waals surface area contributed by atoms with Crippen molar-refractivity contribution in [1.29, 1.82) is 0 Å². The minimum absolute atomic E-state index is 0.357. The number of nitrogens with zero attached hydrogens (tertiary/aromatic N) is 4. The Kier molecular flexibility index (Phi) is 7.04. The molecule has 1 N–H and O–H groups in total. The maximum absolute atomic E-state index is 6.41. The summed E-state index contributed by atoms with van der Waals surface area (Å²) >= 11 is 12.4. The molecular formula is C27H27Cl2N5O. The van der Waals surface area contributed by atoms with Gasteiger partial charge in [0.25, 0.3) is 0 Å². The summed E-state index contributed by atoms with van der Waals surface area (Å²) in [7, 11) is 1.59. The predicted octanol–water partition coefficient (Wildman–Crippen LogP) is 6.39. The molecule has 1 aliphatic heterocycles. The number of rotatable bonds is 6. The number of hydrogen-bond acceptors (Lipinski definition) is 6. The fourth-order valence-corrected chi connectivity index (χ4v) is 4.87. The minimum atomic E-state index is 0.357. The molecule has 1 saturated heterocycles. The van der Waals surface area contributed by atoms with E-state index in [9.17, 15) is 0 Å². The van der Waals surface area contributed by atoms with Gasteiger partial charge in [-0.2, -0.15) is 0 Å². The molecule has 4 aromatic rings. The van der Waals surface area contributed by atoms with Gasteiger partial charge in [0.1, 0.15) is 0 Å². The van der Waals surface area contributed by atoms with E-state index in [0.717, 1.165) is 65.2 Å². The Balaban J connectivity index is 1.27. The molecule has 0 spiro atoms. The number of aryl methyl sites for hydroxylation is 1. The summed E-state index contributed by atoms with van der Waals surface area (Å²) in [5.74, 6) is 1.21. The van der Waals surface area contributed by atoms with Crippen molar-refractivity contribution in [3.05, 3.63) is 76.0 Å². The van der Waals surface area contributed by atoms with E-state index in [0.29, 0.717) is 22.9 Å². The normalized spacial score (nSPS) is 14.9. The van der Waals surface area contributed by atoms with Crippen LogP contribution in [0.4, 0.5) is 5.95 Å². The van der Waals surface area contributed by atoms with E-state index in [-0.39, 0.29) is 0 Å². The highest BCUT2D eigenvalue weighted by molar-refractivity contribution is 6.33. The van der Waals surface area contributed by atoms with E-state index < -0.39 is 0 Å². The topological polar surface area (TPSA) is 63.2 Å². The van der Waals surface area contributed by atoms with Gasteiger partial charge in [-0.05, 0) is 55.2 Å². The van der Waals surface area contributed by atoms with Crippen LogP contribution in [0.3, 0.4) is 0 Å². The molecule has 6 nitrogen and oxygen atoms in total. The summed E-state index contributed by atoms with van der Waals surface area (Å²) in [5, 5.41) is 5.91. The van der Waals surface area contributed by atoms with Gasteiger partial charge >= 0.3 is 0 Å². The lowest BCUT2D eigenvalue weighted by molar-refractivity contribution is 0.211. The molecule has 3 heterocycles. The number of piperidine rings is 1. The predicted molar refractivity (Wildman–Crippen MR) is 142 cm³/mol. The summed E-state index contributed by atoms with van der Waals surface area (Å²) in [5.41, 5.74) is 4.97. The molecule has 0 radical (unpaired) electrons. The fraction of sp³-hybridized carbons (Fsp3) is 0.296. The first-order valence-electron chi connectivity index (χ1n) is 11.7. The highest BCUT2D eigenvalue weighted by atomic mass is 35.5. The average Bonchev–Trinajstić information content (AvgIpc) is 2.87. The van der Waals surface area contributed by atoms with Crippen LogP contribution in [-0.2, 0) is 6.54 Å². The van der Waals surface area contributed by atoms with Crippen LogP contribution in [0.2, 0.25) is 10.0 Å². The average molecular weight is 508 g/mol. The molecule has 1 aliphatic rings. The maximum Gasteiger partial charge on any atom is 0.223 e. The lowest BCUT2D eigenvalue weighted by Gasteiger charge is -2.32. The van der Waals surface area contributed by atoms with Crippen molar-refractivity contribution >= 4 is 40.1 Å². The highest BCUT2D eigenvalue weighted by Crippen LogP contribution is 2.32. The lowest BCUT2D eigenvalue weighted by atomic mass is 10.0. The summed E-state index contributed by atoms with van der Waals surface area (Å²) in [6, 6.07) is 16.4. The third-order valence-electron chi connectivity index (χ3n) is 6.48. The van der Waals surface area contributed by atoms with Crippen LogP contribution in [0.5, 0.6) is 5.88 Å². The van der Waals surface area contributed by atoms with E-state index in [1.54, 1.807) is 13.3 Å². The van der Waals surface area contributed by atoms with Gasteiger partial charge in [-0.25, -0.2) is 15.0 Å². The smallest absolute Gasteiger partial charge is 0.223 e. The maximum atomic E-state index is 6.41. The lowest BCUT2D eigenvalue weighted by Crippen LogP contribution is -2.39. The molecule has 2 aromatic carbocycles. The molecule has 0 atom stereocenters. The number of anilines is 1. The van der Waals surface area contributed by atoms with Crippen LogP contribution in [-0.4, -0.2) is 46.1 Å². The van der Waals surface area contributed by atoms with Gasteiger partial charge in [0, 0.05) is 47.7 Å². The number of fused-ring (bicyclic) bond motifs is 1. The Morgan fingerprint density at radius 2 is 1.80 bits per heavy atom. The molecule has 0 unspecified atom stereocenters. The molecule has 180 valence electrons. The van der Waals surface area contributed by atoms with Crippen molar-refractivity contribution in [3.63, 3.8) is 0 Å². The number of halogens is 2. The molecule has 0 saturated carbocycles. The zero-order valence-corrected chi connectivity index (χ0v) is 21.3. The number of pyridine rings is 1. The van der Waals surface area contributed by atoms with E-state index >= 15 is 0 Å². The molecule has 1 fully saturated rings. The molecule has 2 aromatic heterocycles. The van der Waals surface area contributed by atoms with Gasteiger partial charge < -0.3 is 10.1 Å². The third kappa shape index (κ3) is 5.50.